The highest BCUT2D eigenvalue weighted by Gasteiger charge is 2.17. The molecule has 1 aromatic carbocycles. The van der Waals surface area contributed by atoms with Gasteiger partial charge in [0.05, 0.1) is 26.1 Å². The van der Waals surface area contributed by atoms with Crippen LogP contribution < -0.4 is 4.74 Å². The highest BCUT2D eigenvalue weighted by molar-refractivity contribution is 5.71. The van der Waals surface area contributed by atoms with Gasteiger partial charge in [-0.3, -0.25) is 4.79 Å². The molecule has 1 aliphatic rings. The molecule has 1 saturated heterocycles. The van der Waals surface area contributed by atoms with Crippen LogP contribution in [-0.4, -0.2) is 26.0 Å². The topological polar surface area (TPSA) is 44.8 Å². The van der Waals surface area contributed by atoms with Crippen molar-refractivity contribution in [2.45, 2.75) is 44.8 Å². The van der Waals surface area contributed by atoms with Crippen LogP contribution in [0.2, 0.25) is 0 Å². The van der Waals surface area contributed by atoms with Crippen molar-refractivity contribution < 1.29 is 19.0 Å². The fraction of sp³-hybridized carbons (Fsp3) is 0.500. The van der Waals surface area contributed by atoms with Gasteiger partial charge in [-0.1, -0.05) is 18.1 Å². The van der Waals surface area contributed by atoms with Crippen LogP contribution in [-0.2, 0) is 14.3 Å². The lowest BCUT2D eigenvalue weighted by molar-refractivity contribution is -0.140. The van der Waals surface area contributed by atoms with E-state index in [2.05, 4.69) is 11.8 Å². The van der Waals surface area contributed by atoms with E-state index in [4.69, 9.17) is 14.2 Å². The van der Waals surface area contributed by atoms with Gasteiger partial charge in [0.25, 0.3) is 0 Å². The van der Waals surface area contributed by atoms with Crippen molar-refractivity contribution in [1.82, 2.24) is 0 Å². The molecule has 0 saturated carbocycles. The molecule has 22 heavy (non-hydrogen) atoms. The maximum atomic E-state index is 11.5. The second-order valence-electron chi connectivity index (χ2n) is 5.21. The van der Waals surface area contributed by atoms with Gasteiger partial charge in [0, 0.05) is 6.42 Å². The first kappa shape index (κ1) is 16.4. The molecule has 0 amide bonds. The minimum atomic E-state index is -0.260. The molecule has 0 bridgehead atoms. The summed E-state index contributed by atoms with van der Waals surface area (Å²) in [6, 6.07) is 7.68. The molecule has 2 rings (SSSR count). The van der Waals surface area contributed by atoms with Crippen molar-refractivity contribution >= 4 is 5.97 Å². The van der Waals surface area contributed by atoms with Gasteiger partial charge in [-0.15, -0.1) is 5.92 Å². The number of hydrogen-bond acceptors (Lipinski definition) is 4. The fourth-order valence-electron chi connectivity index (χ4n) is 2.41. The van der Waals surface area contributed by atoms with Crippen molar-refractivity contribution in [1.29, 1.82) is 0 Å². The molecular weight excluding hydrogens is 280 g/mol. The Morgan fingerprint density at radius 1 is 1.36 bits per heavy atom. The summed E-state index contributed by atoms with van der Waals surface area (Å²) >= 11 is 0. The third-order valence-corrected chi connectivity index (χ3v) is 3.60. The maximum Gasteiger partial charge on any atom is 0.307 e. The first-order valence-electron chi connectivity index (χ1n) is 7.60. The lowest BCUT2D eigenvalue weighted by Gasteiger charge is -2.23. The first-order chi connectivity index (χ1) is 10.7. The summed E-state index contributed by atoms with van der Waals surface area (Å²) in [7, 11) is 1.39. The first-order valence-corrected chi connectivity index (χ1v) is 7.60. The van der Waals surface area contributed by atoms with Gasteiger partial charge < -0.3 is 14.2 Å². The van der Waals surface area contributed by atoms with Crippen molar-refractivity contribution in [2.24, 2.45) is 0 Å². The molecule has 4 nitrogen and oxygen atoms in total. The van der Waals surface area contributed by atoms with E-state index < -0.39 is 0 Å². The average Bonchev–Trinajstić information content (AvgIpc) is 2.56. The van der Waals surface area contributed by atoms with E-state index in [9.17, 15) is 4.79 Å². The lowest BCUT2D eigenvalue weighted by atomic mass is 9.96. The molecule has 0 aromatic heterocycles. The molecule has 4 heteroatoms. The van der Waals surface area contributed by atoms with E-state index in [0.29, 0.717) is 0 Å². The predicted molar refractivity (Wildman–Crippen MR) is 83.5 cm³/mol. The summed E-state index contributed by atoms with van der Waals surface area (Å²) in [6.07, 6.45) is 3.26. The Morgan fingerprint density at radius 3 is 2.73 bits per heavy atom. The molecule has 1 aromatic rings. The molecule has 0 spiro atoms. The van der Waals surface area contributed by atoms with Gasteiger partial charge in [-0.05, 0) is 37.5 Å². The number of methoxy groups -OCH3 is 1. The van der Waals surface area contributed by atoms with E-state index in [1.165, 1.54) is 7.11 Å². The second-order valence-corrected chi connectivity index (χ2v) is 5.21. The van der Waals surface area contributed by atoms with E-state index in [1.807, 2.05) is 24.3 Å². The largest absolute Gasteiger partial charge is 0.469 e. The van der Waals surface area contributed by atoms with Crippen molar-refractivity contribution in [3.63, 3.8) is 0 Å². The van der Waals surface area contributed by atoms with Crippen molar-refractivity contribution in [2.75, 3.05) is 13.7 Å². The van der Waals surface area contributed by atoms with E-state index in [-0.39, 0.29) is 24.6 Å². The van der Waals surface area contributed by atoms with Crippen LogP contribution in [0.4, 0.5) is 0 Å². The summed E-state index contributed by atoms with van der Waals surface area (Å²) < 4.78 is 16.1. The third-order valence-electron chi connectivity index (χ3n) is 3.60. The number of ether oxygens (including phenoxy) is 3. The standard InChI is InChI=1S/C18H22O4/c1-3-6-15(13-17(19)20-2)14-8-10-16(11-9-14)22-18-7-4-5-12-21-18/h8-11,15,18H,4-5,7,12-13H2,1-2H3. The number of hydrogen-bond donors (Lipinski definition) is 0. The van der Waals surface area contributed by atoms with E-state index >= 15 is 0 Å². The van der Waals surface area contributed by atoms with Crippen LogP contribution in [0.5, 0.6) is 5.75 Å². The molecule has 0 aliphatic carbocycles. The Morgan fingerprint density at radius 2 is 2.14 bits per heavy atom. The molecule has 1 fully saturated rings. The Hall–Kier alpha value is -1.99. The van der Waals surface area contributed by atoms with Gasteiger partial charge in [0.2, 0.25) is 0 Å². The molecule has 0 N–H and O–H groups in total. The lowest BCUT2D eigenvalue weighted by Crippen LogP contribution is -2.24. The van der Waals surface area contributed by atoms with Crippen molar-refractivity contribution in [3.05, 3.63) is 29.8 Å². The van der Waals surface area contributed by atoms with Gasteiger partial charge in [-0.2, -0.15) is 0 Å². The summed E-state index contributed by atoms with van der Waals surface area (Å²) in [5, 5.41) is 0. The summed E-state index contributed by atoms with van der Waals surface area (Å²) in [4.78, 5) is 11.5. The van der Waals surface area contributed by atoms with Crippen LogP contribution >= 0.6 is 0 Å². The normalized spacial score (nSPS) is 18.7. The quantitative estimate of drug-likeness (QED) is 0.618. The van der Waals surface area contributed by atoms with Crippen LogP contribution in [0.3, 0.4) is 0 Å². The summed E-state index contributed by atoms with van der Waals surface area (Å²) in [5.41, 5.74) is 0.983. The fourth-order valence-corrected chi connectivity index (χ4v) is 2.41. The molecule has 118 valence electrons. The number of carbonyl (C=O) groups excluding carboxylic acids is 1. The predicted octanol–water partition coefficient (Wildman–Crippen LogP) is 3.26. The second kappa shape index (κ2) is 8.45. The number of carbonyl (C=O) groups is 1. The molecule has 1 heterocycles. The van der Waals surface area contributed by atoms with Crippen LogP contribution in [0.15, 0.2) is 24.3 Å². The third kappa shape index (κ3) is 4.78. The summed E-state index contributed by atoms with van der Waals surface area (Å²) in [5.74, 6) is 6.27. The Bertz CT molecular complexity index is 532. The molecular formula is C18H22O4. The number of rotatable bonds is 5. The zero-order chi connectivity index (χ0) is 15.8. The smallest absolute Gasteiger partial charge is 0.307 e. The Labute approximate surface area is 131 Å². The van der Waals surface area contributed by atoms with E-state index in [0.717, 1.165) is 37.2 Å². The highest BCUT2D eigenvalue weighted by atomic mass is 16.7. The SMILES string of the molecule is CC#CC(CC(=O)OC)c1ccc(OC2CCCCO2)cc1. The van der Waals surface area contributed by atoms with Gasteiger partial charge in [0.15, 0.2) is 6.29 Å². The highest BCUT2D eigenvalue weighted by Crippen LogP contribution is 2.24. The minimum absolute atomic E-state index is 0.152. The monoisotopic (exact) mass is 302 g/mol. The molecule has 2 atom stereocenters. The van der Waals surface area contributed by atoms with E-state index in [1.54, 1.807) is 6.92 Å². The molecule has 2 unspecified atom stereocenters. The zero-order valence-corrected chi connectivity index (χ0v) is 13.1. The number of esters is 1. The maximum absolute atomic E-state index is 11.5. The molecule has 0 radical (unpaired) electrons. The zero-order valence-electron chi connectivity index (χ0n) is 13.1. The van der Waals surface area contributed by atoms with Gasteiger partial charge in [0.1, 0.15) is 5.75 Å². The summed E-state index contributed by atoms with van der Waals surface area (Å²) in [6.45, 7) is 2.53. The van der Waals surface area contributed by atoms with Crippen LogP contribution in [0, 0.1) is 11.8 Å². The Kier molecular flexibility index (Phi) is 6.29. The van der Waals surface area contributed by atoms with Crippen LogP contribution in [0.25, 0.3) is 0 Å². The van der Waals surface area contributed by atoms with Crippen molar-refractivity contribution in [3.8, 4) is 17.6 Å². The van der Waals surface area contributed by atoms with Crippen LogP contribution in [0.1, 0.15) is 44.1 Å². The average molecular weight is 302 g/mol. The molecule has 1 aliphatic heterocycles. The van der Waals surface area contributed by atoms with Gasteiger partial charge >= 0.3 is 5.97 Å². The van der Waals surface area contributed by atoms with Gasteiger partial charge in [-0.25, -0.2) is 0 Å². The Balaban J connectivity index is 2.01. The number of benzene rings is 1. The minimum Gasteiger partial charge on any atom is -0.469 e.